The minimum Gasteiger partial charge on any atom is -0.507 e. The number of nitrogens with zero attached hydrogens (tertiary/aromatic N) is 2. The Morgan fingerprint density at radius 2 is 1.81 bits per heavy atom. The normalized spacial score (nSPS) is 17.0. The zero-order valence-corrected chi connectivity index (χ0v) is 22.4. The number of benzene rings is 2. The molecule has 0 aromatic heterocycles. The molecule has 1 saturated heterocycles. The van der Waals surface area contributed by atoms with Crippen molar-refractivity contribution in [2.45, 2.75) is 46.1 Å². The molecule has 0 aliphatic carbocycles. The predicted molar refractivity (Wildman–Crippen MR) is 143 cm³/mol. The zero-order chi connectivity index (χ0) is 27.1. The first-order valence-corrected chi connectivity index (χ1v) is 12.8. The SMILES string of the molecule is CCCCOc1ccc(/C(O)=C2\C(=O)C(=O)N(CCCN(C)C)C2c2ccc(O)c(OCC)c2)c(C)c1. The van der Waals surface area contributed by atoms with E-state index in [1.54, 1.807) is 31.2 Å². The molecule has 1 fully saturated rings. The topological polar surface area (TPSA) is 99.5 Å². The third-order valence-electron chi connectivity index (χ3n) is 6.36. The molecule has 0 saturated carbocycles. The van der Waals surface area contributed by atoms with Crippen molar-refractivity contribution < 1.29 is 29.3 Å². The number of aliphatic hydroxyl groups is 1. The van der Waals surface area contributed by atoms with Crippen LogP contribution in [0.5, 0.6) is 17.2 Å². The molecule has 1 aliphatic heterocycles. The predicted octanol–water partition coefficient (Wildman–Crippen LogP) is 4.65. The Balaban J connectivity index is 2.09. The highest BCUT2D eigenvalue weighted by Crippen LogP contribution is 2.42. The fourth-order valence-electron chi connectivity index (χ4n) is 4.46. The fourth-order valence-corrected chi connectivity index (χ4v) is 4.46. The van der Waals surface area contributed by atoms with Gasteiger partial charge in [-0.3, -0.25) is 9.59 Å². The van der Waals surface area contributed by atoms with Gasteiger partial charge in [-0.25, -0.2) is 0 Å². The number of amides is 1. The number of hydrogen-bond acceptors (Lipinski definition) is 7. The largest absolute Gasteiger partial charge is 0.507 e. The summed E-state index contributed by atoms with van der Waals surface area (Å²) in [5.74, 6) is -0.729. The van der Waals surface area contributed by atoms with Crippen molar-refractivity contribution in [2.75, 3.05) is 40.4 Å². The van der Waals surface area contributed by atoms with E-state index in [9.17, 15) is 19.8 Å². The first-order chi connectivity index (χ1) is 17.7. The standard InChI is InChI=1S/C29H38N2O6/c1-6-8-16-37-21-11-12-22(19(3)17-21)27(33)25-26(20-10-13-23(32)24(18-20)36-7-2)31(29(35)28(25)34)15-9-14-30(4)5/h10-13,17-18,26,32-33H,6-9,14-16H2,1-5H3/b27-25+. The monoisotopic (exact) mass is 510 g/mol. The molecular formula is C29H38N2O6. The minimum atomic E-state index is -0.818. The summed E-state index contributed by atoms with van der Waals surface area (Å²) in [6, 6.07) is 9.23. The van der Waals surface area contributed by atoms with Crippen LogP contribution in [-0.2, 0) is 9.59 Å². The van der Waals surface area contributed by atoms with Gasteiger partial charge in [-0.05, 0) is 88.8 Å². The Hall–Kier alpha value is -3.52. The minimum absolute atomic E-state index is 0.0192. The van der Waals surface area contributed by atoms with E-state index >= 15 is 0 Å². The summed E-state index contributed by atoms with van der Waals surface area (Å²) in [7, 11) is 3.89. The van der Waals surface area contributed by atoms with Crippen molar-refractivity contribution >= 4 is 17.4 Å². The van der Waals surface area contributed by atoms with Crippen molar-refractivity contribution in [3.05, 3.63) is 58.7 Å². The molecule has 0 spiro atoms. The lowest BCUT2D eigenvalue weighted by Crippen LogP contribution is -2.32. The van der Waals surface area contributed by atoms with Crippen molar-refractivity contribution in [3.8, 4) is 17.2 Å². The van der Waals surface area contributed by atoms with Gasteiger partial charge in [0.05, 0.1) is 24.8 Å². The van der Waals surface area contributed by atoms with Crippen LogP contribution in [0.3, 0.4) is 0 Å². The number of hydrogen-bond donors (Lipinski definition) is 2. The van der Waals surface area contributed by atoms with Gasteiger partial charge in [0.25, 0.3) is 11.7 Å². The first-order valence-electron chi connectivity index (χ1n) is 12.8. The number of aryl methyl sites for hydroxylation is 1. The Morgan fingerprint density at radius 3 is 2.46 bits per heavy atom. The molecule has 1 atom stereocenters. The summed E-state index contributed by atoms with van der Waals surface area (Å²) in [6.07, 6.45) is 2.61. The second-order valence-corrected chi connectivity index (χ2v) is 9.49. The molecular weight excluding hydrogens is 472 g/mol. The second kappa shape index (κ2) is 12.6. The molecule has 1 amide bonds. The molecule has 8 nitrogen and oxygen atoms in total. The summed E-state index contributed by atoms with van der Waals surface area (Å²) in [5.41, 5.74) is 1.78. The number of phenols is 1. The molecule has 2 aromatic rings. The van der Waals surface area contributed by atoms with Crippen LogP contribution >= 0.6 is 0 Å². The average Bonchev–Trinajstić information content (AvgIpc) is 3.10. The summed E-state index contributed by atoms with van der Waals surface area (Å²) < 4.78 is 11.3. The number of ketones is 1. The molecule has 0 radical (unpaired) electrons. The van der Waals surface area contributed by atoms with Crippen LogP contribution in [0, 0.1) is 6.92 Å². The molecule has 1 heterocycles. The van der Waals surface area contributed by atoms with Crippen LogP contribution in [-0.4, -0.2) is 72.1 Å². The van der Waals surface area contributed by atoms with Crippen molar-refractivity contribution in [3.63, 3.8) is 0 Å². The van der Waals surface area contributed by atoms with Crippen molar-refractivity contribution in [1.82, 2.24) is 9.80 Å². The van der Waals surface area contributed by atoms with E-state index in [1.807, 2.05) is 32.0 Å². The third kappa shape index (κ3) is 6.43. The lowest BCUT2D eigenvalue weighted by molar-refractivity contribution is -0.139. The molecule has 2 aromatic carbocycles. The van der Waals surface area contributed by atoms with Crippen LogP contribution in [0.1, 0.15) is 55.8 Å². The second-order valence-electron chi connectivity index (χ2n) is 9.49. The van der Waals surface area contributed by atoms with E-state index in [0.717, 1.165) is 24.9 Å². The molecule has 200 valence electrons. The summed E-state index contributed by atoms with van der Waals surface area (Å²) >= 11 is 0. The van der Waals surface area contributed by atoms with Crippen LogP contribution < -0.4 is 9.47 Å². The van der Waals surface area contributed by atoms with Gasteiger partial charge in [-0.2, -0.15) is 0 Å². The molecule has 8 heteroatoms. The van der Waals surface area contributed by atoms with E-state index in [0.29, 0.717) is 43.1 Å². The third-order valence-corrected chi connectivity index (χ3v) is 6.36. The fraction of sp³-hybridized carbons (Fsp3) is 0.448. The Bertz CT molecular complexity index is 1160. The average molecular weight is 511 g/mol. The van der Waals surface area contributed by atoms with E-state index < -0.39 is 17.7 Å². The summed E-state index contributed by atoms with van der Waals surface area (Å²) in [6.45, 7) is 7.73. The quantitative estimate of drug-likeness (QED) is 0.186. The Labute approximate surface area is 219 Å². The van der Waals surface area contributed by atoms with Crippen LogP contribution in [0.25, 0.3) is 5.76 Å². The molecule has 1 unspecified atom stereocenters. The van der Waals surface area contributed by atoms with Gasteiger partial charge in [0, 0.05) is 12.1 Å². The Kier molecular flexibility index (Phi) is 9.58. The van der Waals surface area contributed by atoms with Gasteiger partial charge >= 0.3 is 0 Å². The van der Waals surface area contributed by atoms with Gasteiger partial charge in [-0.1, -0.05) is 19.4 Å². The number of aromatic hydroxyl groups is 1. The lowest BCUT2D eigenvalue weighted by Gasteiger charge is -2.26. The summed E-state index contributed by atoms with van der Waals surface area (Å²) in [4.78, 5) is 30.0. The number of ether oxygens (including phenoxy) is 2. The van der Waals surface area contributed by atoms with Crippen molar-refractivity contribution in [1.29, 1.82) is 0 Å². The maximum atomic E-state index is 13.3. The van der Waals surface area contributed by atoms with E-state index in [4.69, 9.17) is 9.47 Å². The maximum absolute atomic E-state index is 13.3. The highest BCUT2D eigenvalue weighted by molar-refractivity contribution is 6.46. The van der Waals surface area contributed by atoms with Gasteiger partial charge < -0.3 is 29.5 Å². The number of rotatable bonds is 12. The van der Waals surface area contributed by atoms with Gasteiger partial charge in [0.1, 0.15) is 11.5 Å². The molecule has 3 rings (SSSR count). The summed E-state index contributed by atoms with van der Waals surface area (Å²) in [5, 5.41) is 21.7. The van der Waals surface area contributed by atoms with Gasteiger partial charge in [0.2, 0.25) is 0 Å². The van der Waals surface area contributed by atoms with Gasteiger partial charge in [0.15, 0.2) is 11.5 Å². The van der Waals surface area contributed by atoms with Crippen molar-refractivity contribution in [2.24, 2.45) is 0 Å². The molecule has 1 aliphatic rings. The molecule has 0 bridgehead atoms. The highest BCUT2D eigenvalue weighted by Gasteiger charge is 2.46. The number of carbonyl (C=O) groups excluding carboxylic acids is 2. The van der Waals surface area contributed by atoms with Crippen LogP contribution in [0.15, 0.2) is 42.0 Å². The van der Waals surface area contributed by atoms with E-state index in [2.05, 4.69) is 6.92 Å². The highest BCUT2D eigenvalue weighted by atomic mass is 16.5. The number of phenolic OH excluding ortho intramolecular Hbond substituents is 1. The smallest absolute Gasteiger partial charge is 0.295 e. The van der Waals surface area contributed by atoms with Gasteiger partial charge in [-0.15, -0.1) is 0 Å². The Morgan fingerprint density at radius 1 is 1.05 bits per heavy atom. The number of unbranched alkanes of at least 4 members (excludes halogenated alkanes) is 1. The number of aliphatic hydroxyl groups excluding tert-OH is 1. The number of carbonyl (C=O) groups is 2. The molecule has 37 heavy (non-hydrogen) atoms. The zero-order valence-electron chi connectivity index (χ0n) is 22.4. The van der Waals surface area contributed by atoms with Crippen LogP contribution in [0.4, 0.5) is 0 Å². The van der Waals surface area contributed by atoms with Crippen LogP contribution in [0.2, 0.25) is 0 Å². The van der Waals surface area contributed by atoms with E-state index in [1.165, 1.54) is 11.0 Å². The lowest BCUT2D eigenvalue weighted by atomic mass is 9.93. The first kappa shape index (κ1) is 28.1. The maximum Gasteiger partial charge on any atom is 0.295 e. The van der Waals surface area contributed by atoms with E-state index in [-0.39, 0.29) is 22.8 Å². The number of Topliss-reactive ketones (excluding diaryl/α,β-unsaturated/α-hetero) is 1. The molecule has 2 N–H and O–H groups in total. The number of likely N-dealkylation sites (tertiary alicyclic amines) is 1.